The number of hydrogen-bond acceptors (Lipinski definition) is 0. The molecule has 0 amide bonds. The zero-order valence-electron chi connectivity index (χ0n) is 21.9. The maximum absolute atomic E-state index is 2.50. The minimum atomic E-state index is -0.379. The Bertz CT molecular complexity index is 1810. The summed E-state index contributed by atoms with van der Waals surface area (Å²) in [5.74, 6) is 0.255. The maximum atomic E-state index is 2.50. The van der Waals surface area contributed by atoms with Crippen molar-refractivity contribution in [2.24, 2.45) is 0 Å². The average molecular weight is 497 g/mol. The Balaban J connectivity index is 1.45. The first-order valence-corrected chi connectivity index (χ1v) is 13.8. The molecule has 1 unspecified atom stereocenters. The molecule has 0 heteroatoms. The van der Waals surface area contributed by atoms with E-state index in [2.05, 4.69) is 153 Å². The molecule has 0 N–H and O–H groups in total. The van der Waals surface area contributed by atoms with Crippen molar-refractivity contribution in [1.29, 1.82) is 0 Å². The van der Waals surface area contributed by atoms with Crippen LogP contribution in [-0.2, 0) is 5.41 Å². The molecule has 2 aliphatic carbocycles. The summed E-state index contributed by atoms with van der Waals surface area (Å²) < 4.78 is 0. The van der Waals surface area contributed by atoms with E-state index in [1.807, 2.05) is 0 Å². The normalized spacial score (nSPS) is 15.8. The highest BCUT2D eigenvalue weighted by atomic mass is 14.5. The summed E-state index contributed by atoms with van der Waals surface area (Å²) in [7, 11) is 0. The molecule has 39 heavy (non-hydrogen) atoms. The van der Waals surface area contributed by atoms with Gasteiger partial charge in [-0.05, 0) is 74.2 Å². The molecule has 184 valence electrons. The van der Waals surface area contributed by atoms with Crippen LogP contribution >= 0.6 is 0 Å². The van der Waals surface area contributed by atoms with Crippen molar-refractivity contribution in [2.45, 2.75) is 18.3 Å². The highest BCUT2D eigenvalue weighted by Crippen LogP contribution is 2.57. The summed E-state index contributed by atoms with van der Waals surface area (Å²) >= 11 is 0. The van der Waals surface area contributed by atoms with Gasteiger partial charge in [0.2, 0.25) is 0 Å². The summed E-state index contributed by atoms with van der Waals surface area (Å²) in [5, 5.41) is 0. The molecule has 0 fully saturated rings. The van der Waals surface area contributed by atoms with Crippen LogP contribution < -0.4 is 0 Å². The van der Waals surface area contributed by atoms with E-state index in [4.69, 9.17) is 0 Å². The van der Waals surface area contributed by atoms with E-state index < -0.39 is 0 Å². The van der Waals surface area contributed by atoms with Gasteiger partial charge in [-0.1, -0.05) is 145 Å². The van der Waals surface area contributed by atoms with Crippen molar-refractivity contribution < 1.29 is 0 Å². The van der Waals surface area contributed by atoms with Gasteiger partial charge < -0.3 is 0 Å². The smallest absolute Gasteiger partial charge is 0.0622 e. The Morgan fingerprint density at radius 1 is 0.436 bits per heavy atom. The van der Waals surface area contributed by atoms with Crippen molar-refractivity contribution >= 4 is 0 Å². The van der Waals surface area contributed by atoms with Crippen molar-refractivity contribution in [3.8, 4) is 22.3 Å². The van der Waals surface area contributed by atoms with Crippen LogP contribution in [0.2, 0.25) is 0 Å². The van der Waals surface area contributed by atoms with Crippen molar-refractivity contribution in [2.75, 3.05) is 0 Å². The standard InChI is InChI=1S/C39H28/c1-26-19-21-28(22-20-26)39(36-17-9-7-14-31(36)32-15-8-10-18-37(32)39)29-23-24-34-35(25-29)30-13-5-6-16-33(30)38(34)27-11-3-2-4-12-27/h2-25,38H,1H3. The first-order valence-electron chi connectivity index (χ1n) is 13.8. The fraction of sp³-hybridized carbons (Fsp3) is 0.0769. The number of benzene rings is 6. The van der Waals surface area contributed by atoms with Gasteiger partial charge in [-0.3, -0.25) is 0 Å². The van der Waals surface area contributed by atoms with E-state index in [1.165, 1.54) is 66.8 Å². The monoisotopic (exact) mass is 496 g/mol. The lowest BCUT2D eigenvalue weighted by Gasteiger charge is -2.34. The van der Waals surface area contributed by atoms with Crippen LogP contribution in [0.5, 0.6) is 0 Å². The van der Waals surface area contributed by atoms with E-state index in [1.54, 1.807) is 0 Å². The largest absolute Gasteiger partial charge is 0.0713 e. The van der Waals surface area contributed by atoms with Crippen LogP contribution in [-0.4, -0.2) is 0 Å². The molecule has 6 aromatic carbocycles. The van der Waals surface area contributed by atoms with Crippen LogP contribution in [0.15, 0.2) is 146 Å². The second-order valence-corrected chi connectivity index (χ2v) is 10.9. The molecule has 0 aromatic heterocycles. The molecule has 0 bridgehead atoms. The van der Waals surface area contributed by atoms with Crippen LogP contribution in [0.1, 0.15) is 50.4 Å². The third-order valence-corrected chi connectivity index (χ3v) is 8.93. The molecular formula is C39H28. The average Bonchev–Trinajstić information content (AvgIpc) is 3.49. The molecule has 2 aliphatic rings. The molecule has 6 aromatic rings. The minimum Gasteiger partial charge on any atom is -0.0622 e. The highest BCUT2D eigenvalue weighted by Gasteiger charge is 2.46. The molecule has 0 saturated heterocycles. The highest BCUT2D eigenvalue weighted by molar-refractivity contribution is 5.88. The minimum absolute atomic E-state index is 0.255. The van der Waals surface area contributed by atoms with E-state index >= 15 is 0 Å². The van der Waals surface area contributed by atoms with Gasteiger partial charge in [0.05, 0.1) is 5.41 Å². The second-order valence-electron chi connectivity index (χ2n) is 10.9. The summed E-state index contributed by atoms with van der Waals surface area (Å²) in [6.07, 6.45) is 0. The number of rotatable bonds is 3. The molecular weight excluding hydrogens is 468 g/mol. The van der Waals surface area contributed by atoms with Gasteiger partial charge in [-0.25, -0.2) is 0 Å². The first kappa shape index (κ1) is 22.3. The SMILES string of the molecule is Cc1ccc(C2(c3ccc4c(c3)-c3ccccc3C4c3ccccc3)c3ccccc3-c3ccccc32)cc1. The predicted octanol–water partition coefficient (Wildman–Crippen LogP) is 9.52. The van der Waals surface area contributed by atoms with Crippen LogP contribution in [0.3, 0.4) is 0 Å². The quantitative estimate of drug-likeness (QED) is 0.228. The molecule has 0 nitrogen and oxygen atoms in total. The van der Waals surface area contributed by atoms with Gasteiger partial charge in [-0.2, -0.15) is 0 Å². The fourth-order valence-electron chi connectivity index (χ4n) is 7.27. The Morgan fingerprint density at radius 2 is 0.974 bits per heavy atom. The Hall–Kier alpha value is -4.68. The lowest BCUT2D eigenvalue weighted by atomic mass is 9.67. The molecule has 0 spiro atoms. The zero-order valence-corrected chi connectivity index (χ0v) is 21.9. The molecule has 1 atom stereocenters. The van der Waals surface area contributed by atoms with Crippen LogP contribution in [0.25, 0.3) is 22.3 Å². The fourth-order valence-corrected chi connectivity index (χ4v) is 7.27. The van der Waals surface area contributed by atoms with E-state index in [0.717, 1.165) is 0 Å². The predicted molar refractivity (Wildman–Crippen MR) is 161 cm³/mol. The van der Waals surface area contributed by atoms with Crippen LogP contribution in [0.4, 0.5) is 0 Å². The van der Waals surface area contributed by atoms with Gasteiger partial charge >= 0.3 is 0 Å². The van der Waals surface area contributed by atoms with E-state index in [0.29, 0.717) is 0 Å². The van der Waals surface area contributed by atoms with Crippen molar-refractivity contribution in [1.82, 2.24) is 0 Å². The first-order chi connectivity index (χ1) is 19.3. The van der Waals surface area contributed by atoms with E-state index in [-0.39, 0.29) is 11.3 Å². The van der Waals surface area contributed by atoms with Gasteiger partial charge in [-0.15, -0.1) is 0 Å². The number of fused-ring (bicyclic) bond motifs is 6. The Kier molecular flexibility index (Phi) is 4.81. The van der Waals surface area contributed by atoms with E-state index in [9.17, 15) is 0 Å². The van der Waals surface area contributed by atoms with Gasteiger partial charge in [0.15, 0.2) is 0 Å². The molecule has 8 rings (SSSR count). The molecule has 0 saturated carbocycles. The van der Waals surface area contributed by atoms with Crippen molar-refractivity contribution in [3.63, 3.8) is 0 Å². The van der Waals surface area contributed by atoms with Gasteiger partial charge in [0.25, 0.3) is 0 Å². The topological polar surface area (TPSA) is 0 Å². The van der Waals surface area contributed by atoms with Gasteiger partial charge in [0, 0.05) is 5.92 Å². The molecule has 0 heterocycles. The third-order valence-electron chi connectivity index (χ3n) is 8.93. The van der Waals surface area contributed by atoms with Crippen LogP contribution in [0, 0.1) is 6.92 Å². The molecule has 0 radical (unpaired) electrons. The third kappa shape index (κ3) is 3.06. The summed E-state index contributed by atoms with van der Waals surface area (Å²) in [4.78, 5) is 0. The summed E-state index contributed by atoms with van der Waals surface area (Å²) in [6.45, 7) is 2.17. The summed E-state index contributed by atoms with van der Waals surface area (Å²) in [5.41, 5.74) is 15.8. The number of hydrogen-bond donors (Lipinski definition) is 0. The molecule has 0 aliphatic heterocycles. The lowest BCUT2D eigenvalue weighted by molar-refractivity contribution is 0.767. The van der Waals surface area contributed by atoms with Crippen molar-refractivity contribution in [3.05, 3.63) is 190 Å². The Morgan fingerprint density at radius 3 is 1.67 bits per heavy atom. The maximum Gasteiger partial charge on any atom is 0.0713 e. The Labute approximate surface area is 230 Å². The summed E-state index contributed by atoms with van der Waals surface area (Å²) in [6, 6.07) is 54.4. The zero-order chi connectivity index (χ0) is 26.0. The second kappa shape index (κ2) is 8.41. The number of aryl methyl sites for hydroxylation is 1. The van der Waals surface area contributed by atoms with Gasteiger partial charge in [0.1, 0.15) is 0 Å². The lowest BCUT2D eigenvalue weighted by Crippen LogP contribution is -2.28.